The van der Waals surface area contributed by atoms with Crippen LogP contribution in [-0.2, 0) is 0 Å². The van der Waals surface area contributed by atoms with Crippen molar-refractivity contribution in [1.82, 2.24) is 0 Å². The summed E-state index contributed by atoms with van der Waals surface area (Å²) < 4.78 is 6.10. The molecule has 0 atom stereocenters. The van der Waals surface area contributed by atoms with E-state index < -0.39 is 5.97 Å². The quantitative estimate of drug-likeness (QED) is 0.683. The number of benzene rings is 1. The largest absolute Gasteiger partial charge is 0.492 e. The summed E-state index contributed by atoms with van der Waals surface area (Å²) in [6, 6.07) is 6.63. The van der Waals surface area contributed by atoms with E-state index in [1.54, 1.807) is 18.2 Å². The van der Waals surface area contributed by atoms with Crippen LogP contribution in [0.25, 0.3) is 0 Å². The van der Waals surface area contributed by atoms with Crippen LogP contribution >= 0.6 is 22.6 Å². The van der Waals surface area contributed by atoms with Gasteiger partial charge in [0.25, 0.3) is 0 Å². The molecule has 4 heteroatoms. The second kappa shape index (κ2) is 5.06. The van der Waals surface area contributed by atoms with Crippen LogP contribution in [0.3, 0.4) is 0 Å². The van der Waals surface area contributed by atoms with Crippen LogP contribution in [-0.4, -0.2) is 22.1 Å². The number of rotatable bonds is 4. The third-order valence-corrected chi connectivity index (χ3v) is 1.89. The Morgan fingerprint density at radius 3 is 2.77 bits per heavy atom. The minimum absolute atomic E-state index is 0.215. The summed E-state index contributed by atoms with van der Waals surface area (Å²) in [5, 5.41) is 8.78. The SMILES string of the molecule is O=C(O)c1ccccc1OCCI. The summed E-state index contributed by atoms with van der Waals surface area (Å²) in [5.41, 5.74) is 0.215. The topological polar surface area (TPSA) is 46.5 Å². The Kier molecular flexibility index (Phi) is 4.01. The van der Waals surface area contributed by atoms with Gasteiger partial charge in [0.05, 0.1) is 6.61 Å². The second-order valence-corrected chi connectivity index (χ2v) is 3.42. The lowest BCUT2D eigenvalue weighted by molar-refractivity contribution is 0.0692. The molecule has 13 heavy (non-hydrogen) atoms. The molecule has 3 nitrogen and oxygen atoms in total. The molecule has 0 aliphatic rings. The summed E-state index contributed by atoms with van der Waals surface area (Å²) in [6.07, 6.45) is 0. The van der Waals surface area contributed by atoms with Crippen LogP contribution in [0, 0.1) is 0 Å². The van der Waals surface area contributed by atoms with Crippen LogP contribution in [0.4, 0.5) is 0 Å². The predicted octanol–water partition coefficient (Wildman–Crippen LogP) is 2.20. The Morgan fingerprint density at radius 1 is 1.46 bits per heavy atom. The van der Waals surface area contributed by atoms with E-state index in [2.05, 4.69) is 22.6 Å². The van der Waals surface area contributed by atoms with Gasteiger partial charge in [-0.2, -0.15) is 0 Å². The summed E-state index contributed by atoms with van der Waals surface area (Å²) in [7, 11) is 0. The van der Waals surface area contributed by atoms with E-state index in [0.29, 0.717) is 12.4 Å². The molecule has 1 N–H and O–H groups in total. The molecule has 1 aromatic carbocycles. The van der Waals surface area contributed by atoms with Crippen molar-refractivity contribution in [2.75, 3.05) is 11.0 Å². The fourth-order valence-corrected chi connectivity index (χ4v) is 1.14. The van der Waals surface area contributed by atoms with Gasteiger partial charge >= 0.3 is 5.97 Å². The van der Waals surface area contributed by atoms with Gasteiger partial charge in [-0.25, -0.2) is 4.79 Å². The molecule has 0 radical (unpaired) electrons. The number of para-hydroxylation sites is 1. The van der Waals surface area contributed by atoms with E-state index in [4.69, 9.17) is 9.84 Å². The first-order valence-electron chi connectivity index (χ1n) is 3.77. The predicted molar refractivity (Wildman–Crippen MR) is 57.8 cm³/mol. The lowest BCUT2D eigenvalue weighted by atomic mass is 10.2. The van der Waals surface area contributed by atoms with Crippen molar-refractivity contribution in [3.63, 3.8) is 0 Å². The molecule has 0 amide bonds. The van der Waals surface area contributed by atoms with Gasteiger partial charge in [0.1, 0.15) is 11.3 Å². The standard InChI is InChI=1S/C9H9IO3/c10-5-6-13-8-4-2-1-3-7(8)9(11)12/h1-4H,5-6H2,(H,11,12). The van der Waals surface area contributed by atoms with Gasteiger partial charge in [0, 0.05) is 4.43 Å². The molecule has 0 aliphatic carbocycles. The molecule has 0 saturated heterocycles. The first kappa shape index (κ1) is 10.3. The molecular weight excluding hydrogens is 283 g/mol. The maximum Gasteiger partial charge on any atom is 0.339 e. The molecular formula is C9H9IO3. The third-order valence-electron chi connectivity index (χ3n) is 1.45. The molecule has 0 saturated carbocycles. The number of alkyl halides is 1. The van der Waals surface area contributed by atoms with Crippen molar-refractivity contribution in [3.8, 4) is 5.75 Å². The maximum absolute atomic E-state index is 10.7. The zero-order valence-electron chi connectivity index (χ0n) is 6.87. The van der Waals surface area contributed by atoms with Crippen molar-refractivity contribution < 1.29 is 14.6 Å². The molecule has 0 fully saturated rings. The minimum atomic E-state index is -0.955. The van der Waals surface area contributed by atoms with Gasteiger partial charge in [-0.15, -0.1) is 0 Å². The lowest BCUT2D eigenvalue weighted by Gasteiger charge is -2.06. The van der Waals surface area contributed by atoms with Gasteiger partial charge < -0.3 is 9.84 Å². The number of carboxylic acids is 1. The van der Waals surface area contributed by atoms with Crippen molar-refractivity contribution in [2.24, 2.45) is 0 Å². The van der Waals surface area contributed by atoms with Gasteiger partial charge in [-0.1, -0.05) is 34.7 Å². The van der Waals surface area contributed by atoms with Crippen LogP contribution in [0.2, 0.25) is 0 Å². The van der Waals surface area contributed by atoms with Gasteiger partial charge in [-0.3, -0.25) is 0 Å². The number of hydrogen-bond donors (Lipinski definition) is 1. The normalized spacial score (nSPS) is 9.62. The van der Waals surface area contributed by atoms with Gasteiger partial charge in [0.15, 0.2) is 0 Å². The first-order valence-corrected chi connectivity index (χ1v) is 5.29. The number of hydrogen-bond acceptors (Lipinski definition) is 2. The summed E-state index contributed by atoms with van der Waals surface area (Å²) in [4.78, 5) is 10.7. The van der Waals surface area contributed by atoms with E-state index >= 15 is 0 Å². The molecule has 1 rings (SSSR count). The molecule has 0 spiro atoms. The van der Waals surface area contributed by atoms with E-state index in [9.17, 15) is 4.79 Å². The van der Waals surface area contributed by atoms with E-state index in [0.717, 1.165) is 4.43 Å². The van der Waals surface area contributed by atoms with E-state index in [1.807, 2.05) is 0 Å². The average Bonchev–Trinajstić information content (AvgIpc) is 2.15. The highest BCUT2D eigenvalue weighted by Crippen LogP contribution is 2.17. The summed E-state index contributed by atoms with van der Waals surface area (Å²) in [6.45, 7) is 0.533. The molecule has 0 aliphatic heterocycles. The molecule has 70 valence electrons. The third kappa shape index (κ3) is 2.87. The van der Waals surface area contributed by atoms with Crippen LogP contribution in [0.15, 0.2) is 24.3 Å². The number of halogens is 1. The second-order valence-electron chi connectivity index (χ2n) is 2.34. The van der Waals surface area contributed by atoms with Crippen molar-refractivity contribution in [3.05, 3.63) is 29.8 Å². The Morgan fingerprint density at radius 2 is 2.15 bits per heavy atom. The lowest BCUT2D eigenvalue weighted by Crippen LogP contribution is -2.04. The van der Waals surface area contributed by atoms with Gasteiger partial charge in [0.2, 0.25) is 0 Å². The smallest absolute Gasteiger partial charge is 0.339 e. The number of carboxylic acid groups (broad SMARTS) is 1. The Labute approximate surface area is 89.9 Å². The highest BCUT2D eigenvalue weighted by Gasteiger charge is 2.08. The minimum Gasteiger partial charge on any atom is -0.492 e. The maximum atomic E-state index is 10.7. The van der Waals surface area contributed by atoms with Crippen molar-refractivity contribution >= 4 is 28.6 Å². The molecule has 0 heterocycles. The molecule has 1 aromatic rings. The fourth-order valence-electron chi connectivity index (χ4n) is 0.918. The van der Waals surface area contributed by atoms with Crippen molar-refractivity contribution in [2.45, 2.75) is 0 Å². The van der Waals surface area contributed by atoms with E-state index in [1.165, 1.54) is 6.07 Å². The highest BCUT2D eigenvalue weighted by molar-refractivity contribution is 14.1. The molecule has 0 bridgehead atoms. The number of ether oxygens (including phenoxy) is 1. The van der Waals surface area contributed by atoms with Gasteiger partial charge in [-0.05, 0) is 12.1 Å². The summed E-state index contributed by atoms with van der Waals surface area (Å²) in [5.74, 6) is -0.518. The number of aromatic carboxylic acids is 1. The Balaban J connectivity index is 2.84. The average molecular weight is 292 g/mol. The molecule has 0 aromatic heterocycles. The monoisotopic (exact) mass is 292 g/mol. The Bertz CT molecular complexity index is 299. The fraction of sp³-hybridized carbons (Fsp3) is 0.222. The number of carbonyl (C=O) groups is 1. The highest BCUT2D eigenvalue weighted by atomic mass is 127. The van der Waals surface area contributed by atoms with Crippen LogP contribution in [0.5, 0.6) is 5.75 Å². The first-order chi connectivity index (χ1) is 6.25. The van der Waals surface area contributed by atoms with Crippen molar-refractivity contribution in [1.29, 1.82) is 0 Å². The summed E-state index contributed by atoms with van der Waals surface area (Å²) >= 11 is 2.17. The van der Waals surface area contributed by atoms with E-state index in [-0.39, 0.29) is 5.56 Å². The Hall–Kier alpha value is -0.780. The zero-order chi connectivity index (χ0) is 9.68. The van der Waals surface area contributed by atoms with Crippen LogP contribution < -0.4 is 4.74 Å². The zero-order valence-corrected chi connectivity index (χ0v) is 9.02. The van der Waals surface area contributed by atoms with Crippen LogP contribution in [0.1, 0.15) is 10.4 Å². The molecule has 0 unspecified atom stereocenters.